The van der Waals surface area contributed by atoms with Gasteiger partial charge in [0.1, 0.15) is 0 Å². The van der Waals surface area contributed by atoms with Crippen LogP contribution in [0, 0.1) is 11.8 Å². The number of carbonyl (C=O) groups is 1. The zero-order valence-electron chi connectivity index (χ0n) is 11.5. The van der Waals surface area contributed by atoms with Gasteiger partial charge in [0.15, 0.2) is 0 Å². The fourth-order valence-electron chi connectivity index (χ4n) is 3.63. The number of aromatic carboxylic acids is 1. The SMILES string of the molecule is O=C(O)c1cccc(-c2nnc(C3C4CCCCC43)o2)c1. The van der Waals surface area contributed by atoms with Crippen LogP contribution in [0.15, 0.2) is 28.7 Å². The van der Waals surface area contributed by atoms with Gasteiger partial charge in [-0.3, -0.25) is 0 Å². The van der Waals surface area contributed by atoms with E-state index in [1.807, 2.05) is 0 Å². The number of aromatic nitrogens is 2. The maximum absolute atomic E-state index is 11.0. The number of fused-ring (bicyclic) bond motifs is 1. The highest BCUT2D eigenvalue weighted by Gasteiger charge is 2.54. The Kier molecular flexibility index (Phi) is 2.80. The van der Waals surface area contributed by atoms with Gasteiger partial charge in [-0.15, -0.1) is 10.2 Å². The van der Waals surface area contributed by atoms with Gasteiger partial charge in [-0.2, -0.15) is 0 Å². The molecule has 2 fully saturated rings. The van der Waals surface area contributed by atoms with E-state index >= 15 is 0 Å². The maximum atomic E-state index is 11.0. The first kappa shape index (κ1) is 12.6. The predicted octanol–water partition coefficient (Wildman–Crippen LogP) is 3.34. The van der Waals surface area contributed by atoms with Crippen LogP contribution in [-0.4, -0.2) is 21.3 Å². The molecule has 108 valence electrons. The minimum atomic E-state index is -0.954. The van der Waals surface area contributed by atoms with Crippen molar-refractivity contribution in [2.24, 2.45) is 11.8 Å². The quantitative estimate of drug-likeness (QED) is 0.935. The molecule has 0 radical (unpaired) electrons. The van der Waals surface area contributed by atoms with Crippen LogP contribution in [0.2, 0.25) is 0 Å². The number of hydrogen-bond donors (Lipinski definition) is 1. The van der Waals surface area contributed by atoms with Crippen molar-refractivity contribution in [3.8, 4) is 11.5 Å². The molecule has 2 saturated carbocycles. The Morgan fingerprint density at radius 2 is 1.95 bits per heavy atom. The van der Waals surface area contributed by atoms with Gasteiger partial charge in [0.25, 0.3) is 0 Å². The minimum Gasteiger partial charge on any atom is -0.478 e. The average molecular weight is 284 g/mol. The molecular weight excluding hydrogens is 268 g/mol. The first-order chi connectivity index (χ1) is 10.2. The van der Waals surface area contributed by atoms with E-state index in [0.29, 0.717) is 17.4 Å². The maximum Gasteiger partial charge on any atom is 0.335 e. The normalized spacial score (nSPS) is 27.1. The molecule has 4 rings (SSSR count). The third kappa shape index (κ3) is 2.13. The Labute approximate surface area is 122 Å². The molecule has 5 heteroatoms. The topological polar surface area (TPSA) is 76.2 Å². The zero-order chi connectivity index (χ0) is 14.4. The van der Waals surface area contributed by atoms with Crippen molar-refractivity contribution >= 4 is 5.97 Å². The molecule has 0 saturated heterocycles. The average Bonchev–Trinajstić information content (AvgIpc) is 3.04. The Morgan fingerprint density at radius 3 is 2.67 bits per heavy atom. The van der Waals surface area contributed by atoms with Crippen molar-refractivity contribution in [3.05, 3.63) is 35.7 Å². The molecule has 0 amide bonds. The Bertz CT molecular complexity index is 682. The molecular formula is C16H16N2O3. The van der Waals surface area contributed by atoms with Crippen molar-refractivity contribution in [3.63, 3.8) is 0 Å². The molecule has 2 unspecified atom stereocenters. The summed E-state index contributed by atoms with van der Waals surface area (Å²) < 4.78 is 5.81. The molecule has 0 aliphatic heterocycles. The van der Waals surface area contributed by atoms with Crippen LogP contribution in [0.25, 0.3) is 11.5 Å². The van der Waals surface area contributed by atoms with Gasteiger partial charge >= 0.3 is 5.97 Å². The summed E-state index contributed by atoms with van der Waals surface area (Å²) in [5, 5.41) is 17.3. The molecule has 1 aromatic carbocycles. The smallest absolute Gasteiger partial charge is 0.335 e. The Balaban J connectivity index is 1.60. The fraction of sp³-hybridized carbons (Fsp3) is 0.438. The van der Waals surface area contributed by atoms with Gasteiger partial charge in [-0.1, -0.05) is 18.9 Å². The number of nitrogens with zero attached hydrogens (tertiary/aromatic N) is 2. The molecule has 2 aliphatic rings. The van der Waals surface area contributed by atoms with Crippen LogP contribution in [0.4, 0.5) is 0 Å². The van der Waals surface area contributed by atoms with Crippen molar-refractivity contribution in [1.29, 1.82) is 0 Å². The largest absolute Gasteiger partial charge is 0.478 e. The molecule has 1 heterocycles. The summed E-state index contributed by atoms with van der Waals surface area (Å²) in [6.07, 6.45) is 5.14. The summed E-state index contributed by atoms with van der Waals surface area (Å²) in [5.41, 5.74) is 0.893. The van der Waals surface area contributed by atoms with E-state index in [1.165, 1.54) is 25.7 Å². The molecule has 0 spiro atoms. The molecule has 1 N–H and O–H groups in total. The number of hydrogen-bond acceptors (Lipinski definition) is 4. The first-order valence-electron chi connectivity index (χ1n) is 7.41. The van der Waals surface area contributed by atoms with Crippen LogP contribution in [0.5, 0.6) is 0 Å². The van der Waals surface area contributed by atoms with Crippen molar-refractivity contribution in [2.75, 3.05) is 0 Å². The van der Waals surface area contributed by atoms with E-state index in [-0.39, 0.29) is 5.56 Å². The summed E-state index contributed by atoms with van der Waals surface area (Å²) in [4.78, 5) is 11.0. The van der Waals surface area contributed by atoms with Crippen LogP contribution in [0.3, 0.4) is 0 Å². The second-order valence-electron chi connectivity index (χ2n) is 5.97. The van der Waals surface area contributed by atoms with E-state index in [4.69, 9.17) is 9.52 Å². The monoisotopic (exact) mass is 284 g/mol. The lowest BCUT2D eigenvalue weighted by atomic mass is 10.0. The standard InChI is InChI=1S/C16H16N2O3/c19-16(20)10-5-3-4-9(8-10)14-17-18-15(21-14)13-11-6-1-2-7-12(11)13/h3-5,8,11-13H,1-2,6-7H2,(H,19,20). The van der Waals surface area contributed by atoms with Gasteiger partial charge in [0.2, 0.25) is 11.8 Å². The molecule has 21 heavy (non-hydrogen) atoms. The Hall–Kier alpha value is -2.17. The zero-order valence-corrected chi connectivity index (χ0v) is 11.5. The number of benzene rings is 1. The number of carboxylic acids is 1. The van der Waals surface area contributed by atoms with E-state index < -0.39 is 5.97 Å². The summed E-state index contributed by atoms with van der Waals surface area (Å²) in [6.45, 7) is 0. The van der Waals surface area contributed by atoms with Crippen molar-refractivity contribution in [2.45, 2.75) is 31.6 Å². The van der Waals surface area contributed by atoms with Gasteiger partial charge in [0.05, 0.1) is 5.56 Å². The van der Waals surface area contributed by atoms with Gasteiger partial charge in [0, 0.05) is 11.5 Å². The van der Waals surface area contributed by atoms with Crippen LogP contribution in [0.1, 0.15) is 47.8 Å². The highest BCUT2D eigenvalue weighted by Crippen LogP contribution is 2.60. The molecule has 5 nitrogen and oxygen atoms in total. The molecule has 2 aliphatic carbocycles. The minimum absolute atomic E-state index is 0.229. The summed E-state index contributed by atoms with van der Waals surface area (Å²) in [6, 6.07) is 6.61. The fourth-order valence-corrected chi connectivity index (χ4v) is 3.63. The van der Waals surface area contributed by atoms with Gasteiger partial charge < -0.3 is 9.52 Å². The number of carboxylic acid groups (broad SMARTS) is 1. The van der Waals surface area contributed by atoms with E-state index in [0.717, 1.165) is 17.7 Å². The number of rotatable bonds is 3. The molecule has 2 atom stereocenters. The first-order valence-corrected chi connectivity index (χ1v) is 7.41. The van der Waals surface area contributed by atoms with Gasteiger partial charge in [-0.05, 0) is 42.9 Å². The van der Waals surface area contributed by atoms with Crippen molar-refractivity contribution in [1.82, 2.24) is 10.2 Å². The lowest BCUT2D eigenvalue weighted by Crippen LogP contribution is -1.95. The Morgan fingerprint density at radius 1 is 1.19 bits per heavy atom. The molecule has 2 aromatic rings. The summed E-state index contributed by atoms with van der Waals surface area (Å²) in [7, 11) is 0. The highest BCUT2D eigenvalue weighted by molar-refractivity contribution is 5.88. The van der Waals surface area contributed by atoms with Gasteiger partial charge in [-0.25, -0.2) is 4.79 Å². The van der Waals surface area contributed by atoms with Crippen molar-refractivity contribution < 1.29 is 14.3 Å². The van der Waals surface area contributed by atoms with Crippen LogP contribution >= 0.6 is 0 Å². The van der Waals surface area contributed by atoms with Crippen LogP contribution in [-0.2, 0) is 0 Å². The molecule has 0 bridgehead atoms. The van der Waals surface area contributed by atoms with E-state index in [2.05, 4.69) is 10.2 Å². The second-order valence-corrected chi connectivity index (χ2v) is 5.97. The third-order valence-corrected chi connectivity index (χ3v) is 4.74. The molecule has 1 aromatic heterocycles. The third-order valence-electron chi connectivity index (χ3n) is 4.74. The second kappa shape index (κ2) is 4.69. The summed E-state index contributed by atoms with van der Waals surface area (Å²) in [5.74, 6) is 2.05. The lowest BCUT2D eigenvalue weighted by molar-refractivity contribution is 0.0697. The summed E-state index contributed by atoms with van der Waals surface area (Å²) >= 11 is 0. The highest BCUT2D eigenvalue weighted by atomic mass is 16.4. The van der Waals surface area contributed by atoms with Crippen LogP contribution < -0.4 is 0 Å². The van der Waals surface area contributed by atoms with E-state index in [1.54, 1.807) is 24.3 Å². The van der Waals surface area contributed by atoms with E-state index in [9.17, 15) is 4.79 Å². The predicted molar refractivity (Wildman–Crippen MR) is 74.9 cm³/mol. The lowest BCUT2D eigenvalue weighted by Gasteiger charge is -2.04.